The molecule has 3 aliphatic rings. The van der Waals surface area contributed by atoms with Crippen LogP contribution in [0.25, 0.3) is 0 Å². The Balaban J connectivity index is 1.52. The van der Waals surface area contributed by atoms with Crippen LogP contribution in [0.1, 0.15) is 5.56 Å². The monoisotopic (exact) mass is 327 g/mol. The first-order valence-corrected chi connectivity index (χ1v) is 7.83. The van der Waals surface area contributed by atoms with E-state index in [2.05, 4.69) is 4.90 Å². The molecule has 0 aromatic heterocycles. The minimum absolute atomic E-state index is 0.295. The maximum absolute atomic E-state index is 11.2. The summed E-state index contributed by atoms with van der Waals surface area (Å²) in [6.45, 7) is 0.517. The predicted octanol–water partition coefficient (Wildman–Crippen LogP) is 1.89. The van der Waals surface area contributed by atoms with Gasteiger partial charge in [-0.15, -0.1) is 0 Å². The van der Waals surface area contributed by atoms with Crippen LogP contribution in [0.4, 0.5) is 5.69 Å². The van der Waals surface area contributed by atoms with Crippen molar-refractivity contribution in [3.63, 3.8) is 0 Å². The van der Waals surface area contributed by atoms with Gasteiger partial charge in [-0.25, -0.2) is 0 Å². The highest BCUT2D eigenvalue weighted by atomic mass is 16.7. The number of rotatable bonds is 3. The van der Waals surface area contributed by atoms with Gasteiger partial charge >= 0.3 is 0 Å². The zero-order valence-electron chi connectivity index (χ0n) is 13.4. The Kier molecular flexibility index (Phi) is 2.58. The number of nitrogens with zero attached hydrogens (tertiary/aromatic N) is 1. The molecule has 3 aliphatic heterocycles. The van der Waals surface area contributed by atoms with Crippen molar-refractivity contribution in [1.29, 1.82) is 0 Å². The second-order valence-electron chi connectivity index (χ2n) is 6.27. The van der Waals surface area contributed by atoms with Crippen LogP contribution in [0, 0.1) is 0 Å². The van der Waals surface area contributed by atoms with Crippen LogP contribution >= 0.6 is 0 Å². The van der Waals surface area contributed by atoms with E-state index in [9.17, 15) is 5.11 Å². The average Bonchev–Trinajstić information content (AvgIpc) is 3.19. The van der Waals surface area contributed by atoms with Crippen molar-refractivity contribution in [2.24, 2.45) is 0 Å². The maximum atomic E-state index is 11.2. The number of hydrogen-bond acceptors (Lipinski definition) is 6. The van der Waals surface area contributed by atoms with Gasteiger partial charge in [-0.05, 0) is 18.2 Å². The van der Waals surface area contributed by atoms with Crippen molar-refractivity contribution in [2.45, 2.75) is 17.9 Å². The van der Waals surface area contributed by atoms with E-state index in [-0.39, 0.29) is 6.04 Å². The fourth-order valence-electron chi connectivity index (χ4n) is 3.95. The van der Waals surface area contributed by atoms with E-state index >= 15 is 0 Å². The largest absolute Gasteiger partial charge is 0.493 e. The predicted molar refractivity (Wildman–Crippen MR) is 86.1 cm³/mol. The second-order valence-corrected chi connectivity index (χ2v) is 6.27. The fraction of sp³-hybridized carbons (Fsp3) is 0.333. The number of anilines is 1. The lowest BCUT2D eigenvalue weighted by atomic mass is 9.84. The molecule has 0 aliphatic carbocycles. The molecule has 0 radical (unpaired) electrons. The summed E-state index contributed by atoms with van der Waals surface area (Å²) in [4.78, 5) is 2.09. The molecule has 2 aromatic carbocycles. The molecule has 5 rings (SSSR count). The van der Waals surface area contributed by atoms with Gasteiger partial charge in [0.25, 0.3) is 6.29 Å². The quantitative estimate of drug-likeness (QED) is 0.929. The van der Waals surface area contributed by atoms with E-state index in [0.29, 0.717) is 29.5 Å². The molecule has 1 unspecified atom stereocenters. The van der Waals surface area contributed by atoms with Crippen LogP contribution in [-0.4, -0.2) is 38.2 Å². The Morgan fingerprint density at radius 3 is 2.33 bits per heavy atom. The Hall–Kier alpha value is -2.60. The molecule has 24 heavy (non-hydrogen) atoms. The van der Waals surface area contributed by atoms with Crippen LogP contribution in [0.2, 0.25) is 0 Å². The van der Waals surface area contributed by atoms with Crippen LogP contribution in [0.3, 0.4) is 0 Å². The summed E-state index contributed by atoms with van der Waals surface area (Å²) in [5.41, 5.74) is 0.748. The topological polar surface area (TPSA) is 60.4 Å². The zero-order chi connectivity index (χ0) is 16.5. The molecule has 6 nitrogen and oxygen atoms in total. The number of methoxy groups -OCH3 is 2. The average molecular weight is 327 g/mol. The van der Waals surface area contributed by atoms with Gasteiger partial charge in [0.2, 0.25) is 0 Å². The van der Waals surface area contributed by atoms with Gasteiger partial charge in [0.05, 0.1) is 20.8 Å². The number of aliphatic hydroxyl groups is 1. The molecule has 2 bridgehead atoms. The lowest BCUT2D eigenvalue weighted by Gasteiger charge is -2.48. The molecule has 1 N–H and O–H groups in total. The normalized spacial score (nSPS) is 26.1. The van der Waals surface area contributed by atoms with E-state index in [4.69, 9.17) is 18.9 Å². The highest BCUT2D eigenvalue weighted by molar-refractivity contribution is 5.74. The van der Waals surface area contributed by atoms with Crippen molar-refractivity contribution in [3.05, 3.63) is 42.0 Å². The third-order valence-corrected chi connectivity index (χ3v) is 5.11. The molecule has 2 aromatic rings. The zero-order valence-corrected chi connectivity index (χ0v) is 13.4. The summed E-state index contributed by atoms with van der Waals surface area (Å²) >= 11 is 0. The Morgan fingerprint density at radius 2 is 1.71 bits per heavy atom. The highest BCUT2D eigenvalue weighted by Gasteiger charge is 2.66. The van der Waals surface area contributed by atoms with Gasteiger partial charge in [-0.1, -0.05) is 12.1 Å². The third kappa shape index (κ3) is 1.54. The number of para-hydroxylation sites is 2. The van der Waals surface area contributed by atoms with Gasteiger partial charge in [0.1, 0.15) is 11.6 Å². The maximum Gasteiger partial charge on any atom is 0.264 e. The van der Waals surface area contributed by atoms with Crippen LogP contribution in [-0.2, 0) is 5.60 Å². The van der Waals surface area contributed by atoms with Crippen molar-refractivity contribution < 1.29 is 24.1 Å². The molecule has 2 atom stereocenters. The van der Waals surface area contributed by atoms with Gasteiger partial charge in [-0.3, -0.25) is 0 Å². The summed E-state index contributed by atoms with van der Waals surface area (Å²) < 4.78 is 22.6. The van der Waals surface area contributed by atoms with Crippen molar-refractivity contribution in [2.75, 3.05) is 25.7 Å². The second kappa shape index (κ2) is 4.48. The molecule has 124 valence electrons. The minimum Gasteiger partial charge on any atom is -0.493 e. The lowest BCUT2D eigenvalue weighted by molar-refractivity contribution is -0.106. The molecule has 6 heteroatoms. The smallest absolute Gasteiger partial charge is 0.264 e. The van der Waals surface area contributed by atoms with Crippen molar-refractivity contribution in [3.8, 4) is 23.0 Å². The third-order valence-electron chi connectivity index (χ3n) is 5.11. The summed E-state index contributed by atoms with van der Waals surface area (Å²) in [5.74, 6) is 2.66. The lowest BCUT2D eigenvalue weighted by Crippen LogP contribution is -2.68. The van der Waals surface area contributed by atoms with Gasteiger partial charge < -0.3 is 29.0 Å². The van der Waals surface area contributed by atoms with Gasteiger partial charge in [0.15, 0.2) is 23.0 Å². The molecular weight excluding hydrogens is 310 g/mol. The number of ether oxygens (including phenoxy) is 4. The molecule has 1 fully saturated rings. The highest BCUT2D eigenvalue weighted by Crippen LogP contribution is 2.58. The Labute approximate surface area is 139 Å². The van der Waals surface area contributed by atoms with Crippen LogP contribution in [0.15, 0.2) is 36.4 Å². The van der Waals surface area contributed by atoms with Crippen LogP contribution in [0.5, 0.6) is 23.0 Å². The Bertz CT molecular complexity index is 813. The summed E-state index contributed by atoms with van der Waals surface area (Å²) in [6, 6.07) is 11.0. The van der Waals surface area contributed by atoms with Crippen molar-refractivity contribution in [1.82, 2.24) is 0 Å². The molecule has 0 saturated carbocycles. The Morgan fingerprint density at radius 1 is 1.08 bits per heavy atom. The molecular formula is C18H17NO5. The summed E-state index contributed by atoms with van der Waals surface area (Å²) in [7, 11) is 3.19. The first-order chi connectivity index (χ1) is 11.7. The summed E-state index contributed by atoms with van der Waals surface area (Å²) in [6.07, 6.45) is -0.550. The summed E-state index contributed by atoms with van der Waals surface area (Å²) in [5, 5.41) is 11.2. The SMILES string of the molecule is COc1cc2c(cc1OC)[C@@]1(O)CN2C1C1Oc2ccccc2O1. The minimum atomic E-state index is -1.01. The first kappa shape index (κ1) is 13.8. The molecule has 3 heterocycles. The van der Waals surface area contributed by atoms with E-state index in [0.717, 1.165) is 11.3 Å². The van der Waals surface area contributed by atoms with Gasteiger partial charge in [-0.2, -0.15) is 0 Å². The standard InChI is InChI=1S/C18H17NO5/c1-21-14-7-10-11(8-15(14)22-2)19-9-18(10,20)16(19)17-23-12-5-3-4-6-13(12)24-17/h3-8,16-17,20H,9H2,1-2H3/t16?,18-/m0/s1. The molecule has 0 spiro atoms. The van der Waals surface area contributed by atoms with Gasteiger partial charge in [0, 0.05) is 17.3 Å². The van der Waals surface area contributed by atoms with Crippen LogP contribution < -0.4 is 23.8 Å². The van der Waals surface area contributed by atoms with E-state index in [1.165, 1.54) is 0 Å². The number of benzene rings is 2. The van der Waals surface area contributed by atoms with E-state index in [1.54, 1.807) is 14.2 Å². The first-order valence-electron chi connectivity index (χ1n) is 7.83. The molecule has 1 saturated heterocycles. The number of hydrogen-bond donors (Lipinski definition) is 1. The van der Waals surface area contributed by atoms with E-state index in [1.807, 2.05) is 36.4 Å². The fourth-order valence-corrected chi connectivity index (χ4v) is 3.95. The molecule has 0 amide bonds. The van der Waals surface area contributed by atoms with E-state index < -0.39 is 11.9 Å². The van der Waals surface area contributed by atoms with Crippen molar-refractivity contribution >= 4 is 5.69 Å². The number of fused-ring (bicyclic) bond motifs is 6.